The smallest absolute Gasteiger partial charge is 0.125 e. The van der Waals surface area contributed by atoms with Crippen molar-refractivity contribution in [2.45, 2.75) is 13.2 Å². The summed E-state index contributed by atoms with van der Waals surface area (Å²) < 4.78 is 0. The lowest BCUT2D eigenvalue weighted by atomic mass is 10.6. The van der Waals surface area contributed by atoms with Gasteiger partial charge in [0.25, 0.3) is 0 Å². The first kappa shape index (κ1) is 8.87. The summed E-state index contributed by atoms with van der Waals surface area (Å²) in [6, 6.07) is 0. The van der Waals surface area contributed by atoms with Gasteiger partial charge in [-0.05, 0) is 6.92 Å². The molecule has 0 saturated heterocycles. The zero-order valence-corrected chi connectivity index (χ0v) is 8.16. The lowest BCUT2D eigenvalue weighted by Crippen LogP contribution is -2.32. The summed E-state index contributed by atoms with van der Waals surface area (Å²) in [7, 11) is 0. The fraction of sp³-hybridized carbons (Fsp3) is 0.714. The van der Waals surface area contributed by atoms with Crippen molar-refractivity contribution in [1.29, 1.82) is 0 Å². The molecule has 11 heavy (non-hydrogen) atoms. The van der Waals surface area contributed by atoms with E-state index in [-0.39, 0.29) is 6.23 Å². The normalized spacial score (nSPS) is 19.5. The minimum atomic E-state index is -0.383. The van der Waals surface area contributed by atoms with Crippen LogP contribution in [0, 0.1) is 0 Å². The van der Waals surface area contributed by atoms with E-state index in [1.807, 2.05) is 17.3 Å². The molecule has 1 unspecified atom stereocenters. The molecule has 0 spiro atoms. The minimum absolute atomic E-state index is 0.383. The molecule has 64 valence electrons. The first-order valence-corrected chi connectivity index (χ1v) is 4.78. The van der Waals surface area contributed by atoms with Gasteiger partial charge in [0.1, 0.15) is 6.23 Å². The van der Waals surface area contributed by atoms with Crippen LogP contribution in [-0.2, 0) is 0 Å². The van der Waals surface area contributed by atoms with E-state index in [4.69, 9.17) is 0 Å². The Balaban J connectivity index is 2.31. The number of hydrogen-bond donors (Lipinski definition) is 1. The summed E-state index contributed by atoms with van der Waals surface area (Å²) in [5.41, 5.74) is 0. The lowest BCUT2D eigenvalue weighted by molar-refractivity contribution is 0.0420. The molecule has 0 aromatic rings. The zero-order chi connectivity index (χ0) is 8.27. The maximum Gasteiger partial charge on any atom is 0.125 e. The Morgan fingerprint density at radius 2 is 2.36 bits per heavy atom. The molecular weight excluding hydrogens is 208 g/mol. The molecule has 1 aliphatic rings. The van der Waals surface area contributed by atoms with Crippen LogP contribution in [0.2, 0.25) is 0 Å². The van der Waals surface area contributed by atoms with Gasteiger partial charge in [0.15, 0.2) is 0 Å². The van der Waals surface area contributed by atoms with Crippen LogP contribution < -0.4 is 0 Å². The maximum absolute atomic E-state index is 9.17. The summed E-state index contributed by atoms with van der Waals surface area (Å²) in [5, 5.41) is 10.1. The van der Waals surface area contributed by atoms with Gasteiger partial charge in [-0.3, -0.25) is 0 Å². The van der Waals surface area contributed by atoms with Crippen molar-refractivity contribution >= 4 is 15.9 Å². The Hall–Kier alpha value is -0.220. The highest BCUT2D eigenvalue weighted by Crippen LogP contribution is 2.08. The summed E-state index contributed by atoms with van der Waals surface area (Å²) in [6.07, 6.45) is 3.52. The largest absolute Gasteiger partial charge is 0.374 e. The van der Waals surface area contributed by atoms with Crippen molar-refractivity contribution in [2.24, 2.45) is 0 Å². The minimum Gasteiger partial charge on any atom is -0.374 e. The molecule has 0 bridgehead atoms. The van der Waals surface area contributed by atoms with Crippen molar-refractivity contribution < 1.29 is 5.11 Å². The molecule has 0 saturated carbocycles. The van der Waals surface area contributed by atoms with E-state index in [1.54, 1.807) is 6.92 Å². The third-order valence-electron chi connectivity index (χ3n) is 1.67. The molecule has 1 aliphatic heterocycles. The molecule has 0 aromatic carbocycles. The second kappa shape index (κ2) is 3.97. The summed E-state index contributed by atoms with van der Waals surface area (Å²) in [6.45, 7) is 3.55. The number of nitrogens with zero attached hydrogens (tertiary/aromatic N) is 2. The Kier molecular flexibility index (Phi) is 3.20. The summed E-state index contributed by atoms with van der Waals surface area (Å²) in [4.78, 5) is 4.02. The van der Waals surface area contributed by atoms with Crippen LogP contribution in [0.3, 0.4) is 0 Å². The first-order valence-electron chi connectivity index (χ1n) is 3.66. The summed E-state index contributed by atoms with van der Waals surface area (Å²) >= 11 is 3.36. The second-order valence-corrected chi connectivity index (χ2v) is 3.38. The van der Waals surface area contributed by atoms with Crippen molar-refractivity contribution in [3.63, 3.8) is 0 Å². The van der Waals surface area contributed by atoms with Crippen molar-refractivity contribution in [2.75, 3.05) is 18.5 Å². The number of aliphatic hydroxyl groups is 1. The average molecular weight is 221 g/mol. The zero-order valence-electron chi connectivity index (χ0n) is 6.57. The SMILES string of the molecule is CC(O)N1C=CN(CCBr)C1. The van der Waals surface area contributed by atoms with E-state index in [0.29, 0.717) is 0 Å². The van der Waals surface area contributed by atoms with Crippen molar-refractivity contribution in [3.8, 4) is 0 Å². The standard InChI is InChI=1S/C7H13BrN2O/c1-7(11)10-5-4-9(6-10)3-2-8/h4-5,7,11H,2-3,6H2,1H3. The Labute approximate surface area is 75.4 Å². The van der Waals surface area contributed by atoms with Crippen LogP contribution in [0.25, 0.3) is 0 Å². The molecule has 1 heterocycles. The highest BCUT2D eigenvalue weighted by atomic mass is 79.9. The van der Waals surface area contributed by atoms with E-state index in [1.165, 1.54) is 0 Å². The quantitative estimate of drug-likeness (QED) is 0.713. The molecule has 3 nitrogen and oxygen atoms in total. The number of aliphatic hydroxyl groups excluding tert-OH is 1. The highest BCUT2D eigenvalue weighted by Gasteiger charge is 2.14. The number of rotatable bonds is 3. The fourth-order valence-corrected chi connectivity index (χ4v) is 1.44. The molecule has 4 heteroatoms. The van der Waals surface area contributed by atoms with Gasteiger partial charge in [-0.15, -0.1) is 0 Å². The topological polar surface area (TPSA) is 26.7 Å². The summed E-state index contributed by atoms with van der Waals surface area (Å²) in [5.74, 6) is 0. The highest BCUT2D eigenvalue weighted by molar-refractivity contribution is 9.09. The third kappa shape index (κ3) is 2.38. The van der Waals surface area contributed by atoms with Gasteiger partial charge < -0.3 is 14.9 Å². The second-order valence-electron chi connectivity index (χ2n) is 2.59. The maximum atomic E-state index is 9.17. The van der Waals surface area contributed by atoms with Gasteiger partial charge in [0.2, 0.25) is 0 Å². The van der Waals surface area contributed by atoms with E-state index in [9.17, 15) is 5.11 Å². The predicted octanol–water partition coefficient (Wildman–Crippen LogP) is 0.766. The van der Waals surface area contributed by atoms with Crippen LogP contribution in [0.5, 0.6) is 0 Å². The van der Waals surface area contributed by atoms with Crippen LogP contribution in [0.15, 0.2) is 12.4 Å². The van der Waals surface area contributed by atoms with Crippen molar-refractivity contribution in [3.05, 3.63) is 12.4 Å². The van der Waals surface area contributed by atoms with Crippen LogP contribution in [0.1, 0.15) is 6.92 Å². The van der Waals surface area contributed by atoms with Crippen LogP contribution >= 0.6 is 15.9 Å². The molecule has 0 radical (unpaired) electrons. The Morgan fingerprint density at radius 1 is 1.64 bits per heavy atom. The molecule has 1 rings (SSSR count). The number of alkyl halides is 1. The lowest BCUT2D eigenvalue weighted by Gasteiger charge is -2.22. The molecule has 0 fully saturated rings. The van der Waals surface area contributed by atoms with E-state index >= 15 is 0 Å². The number of hydrogen-bond acceptors (Lipinski definition) is 3. The molecule has 1 atom stereocenters. The molecular formula is C7H13BrN2O. The van der Waals surface area contributed by atoms with Gasteiger partial charge in [-0.2, -0.15) is 0 Å². The van der Waals surface area contributed by atoms with Crippen LogP contribution in [0.4, 0.5) is 0 Å². The van der Waals surface area contributed by atoms with E-state index < -0.39 is 0 Å². The Morgan fingerprint density at radius 3 is 2.82 bits per heavy atom. The number of halogens is 1. The van der Waals surface area contributed by atoms with Crippen molar-refractivity contribution in [1.82, 2.24) is 9.80 Å². The molecule has 1 N–H and O–H groups in total. The molecule has 0 aromatic heterocycles. The van der Waals surface area contributed by atoms with E-state index in [0.717, 1.165) is 18.5 Å². The monoisotopic (exact) mass is 220 g/mol. The Bertz CT molecular complexity index is 149. The van der Waals surface area contributed by atoms with Gasteiger partial charge >= 0.3 is 0 Å². The average Bonchev–Trinajstić information content (AvgIpc) is 2.37. The van der Waals surface area contributed by atoms with Gasteiger partial charge in [-0.1, -0.05) is 15.9 Å². The molecule has 0 aliphatic carbocycles. The predicted molar refractivity (Wildman–Crippen MR) is 48.0 cm³/mol. The third-order valence-corrected chi connectivity index (χ3v) is 2.02. The van der Waals surface area contributed by atoms with Gasteiger partial charge in [-0.25, -0.2) is 0 Å². The van der Waals surface area contributed by atoms with E-state index in [2.05, 4.69) is 20.8 Å². The van der Waals surface area contributed by atoms with Crippen LogP contribution in [-0.4, -0.2) is 39.7 Å². The van der Waals surface area contributed by atoms with Gasteiger partial charge in [0, 0.05) is 24.3 Å². The fourth-order valence-electron chi connectivity index (χ4n) is 0.980. The van der Waals surface area contributed by atoms with Gasteiger partial charge in [0.05, 0.1) is 6.67 Å². The first-order chi connectivity index (χ1) is 5.24. The molecule has 0 amide bonds.